The summed E-state index contributed by atoms with van der Waals surface area (Å²) in [5, 5.41) is 0. The summed E-state index contributed by atoms with van der Waals surface area (Å²) in [6.45, 7) is 0. The van der Waals surface area contributed by atoms with Crippen LogP contribution in [0.4, 0.5) is 22.0 Å². The molecule has 1 unspecified atom stereocenters. The fourth-order valence-electron chi connectivity index (χ4n) is 0.704. The maximum absolute atomic E-state index is 11.9. The van der Waals surface area contributed by atoms with Crippen LogP contribution in [0.25, 0.3) is 0 Å². The minimum absolute atomic E-state index is 1.46. The highest BCUT2D eigenvalue weighted by atomic mass is 19.3. The van der Waals surface area contributed by atoms with Crippen molar-refractivity contribution in [3.05, 3.63) is 11.7 Å². The lowest BCUT2D eigenvalue weighted by molar-refractivity contribution is -0.0510. The quantitative estimate of drug-likeness (QED) is 0.475. The third-order valence-corrected chi connectivity index (χ3v) is 1.24. The van der Waals surface area contributed by atoms with Gasteiger partial charge < -0.3 is 0 Å². The van der Waals surface area contributed by atoms with Gasteiger partial charge in [0.2, 0.25) is 6.17 Å². The fraction of sp³-hybridized carbons (Fsp3) is 0.600. The molecule has 0 fully saturated rings. The molecule has 0 nitrogen and oxygen atoms in total. The van der Waals surface area contributed by atoms with Gasteiger partial charge in [0.1, 0.15) is 5.83 Å². The van der Waals surface area contributed by atoms with E-state index in [1.165, 1.54) is 0 Å². The number of hydrogen-bond acceptors (Lipinski definition) is 0. The largest absolute Gasteiger partial charge is 0.291 e. The number of alkyl halides is 3. The average molecular weight is 158 g/mol. The Bertz CT molecular complexity index is 182. The normalized spacial score (nSPS) is 31.5. The molecule has 0 aromatic rings. The molecule has 0 aromatic carbocycles. The smallest absolute Gasteiger partial charge is 0.233 e. The summed E-state index contributed by atoms with van der Waals surface area (Å²) in [6, 6.07) is 0. The summed E-state index contributed by atoms with van der Waals surface area (Å²) >= 11 is 0. The molecule has 10 heavy (non-hydrogen) atoms. The molecule has 0 N–H and O–H groups in total. The maximum Gasteiger partial charge on any atom is 0.291 e. The van der Waals surface area contributed by atoms with Crippen molar-refractivity contribution in [3.63, 3.8) is 0 Å². The second-order valence-electron chi connectivity index (χ2n) is 2.05. The summed E-state index contributed by atoms with van der Waals surface area (Å²) in [5.74, 6) is -7.55. The average Bonchev–Trinajstić information content (AvgIpc) is 1.95. The molecule has 0 saturated carbocycles. The Morgan fingerprint density at radius 1 is 1.30 bits per heavy atom. The van der Waals surface area contributed by atoms with Gasteiger partial charge in [-0.15, -0.1) is 0 Å². The van der Waals surface area contributed by atoms with Gasteiger partial charge in [-0.25, -0.2) is 22.0 Å². The third kappa shape index (κ3) is 0.892. The Balaban J connectivity index is 2.87. The topological polar surface area (TPSA) is 0 Å². The van der Waals surface area contributed by atoms with E-state index < -0.39 is 30.2 Å². The molecule has 58 valence electrons. The molecule has 0 saturated heterocycles. The SMILES string of the molecule is FC1=C(F)C(F)C(F)(F)C1. The van der Waals surface area contributed by atoms with Crippen LogP contribution in [-0.4, -0.2) is 12.1 Å². The monoisotopic (exact) mass is 158 g/mol. The van der Waals surface area contributed by atoms with Gasteiger partial charge >= 0.3 is 0 Å². The molecule has 1 atom stereocenters. The summed E-state index contributed by atoms with van der Waals surface area (Å²) < 4.78 is 59.5. The van der Waals surface area contributed by atoms with E-state index in [0.717, 1.165) is 0 Å². The Kier molecular flexibility index (Phi) is 1.45. The molecular formula is C5H3F5. The Labute approximate surface area is 53.3 Å². The van der Waals surface area contributed by atoms with E-state index in [1.54, 1.807) is 0 Å². The lowest BCUT2D eigenvalue weighted by Crippen LogP contribution is -2.24. The Morgan fingerprint density at radius 3 is 1.90 bits per heavy atom. The molecule has 0 radical (unpaired) electrons. The Hall–Kier alpha value is -0.610. The summed E-state index contributed by atoms with van der Waals surface area (Å²) in [6.07, 6.45) is -4.55. The minimum atomic E-state index is -3.89. The lowest BCUT2D eigenvalue weighted by atomic mass is 10.2. The van der Waals surface area contributed by atoms with E-state index in [2.05, 4.69) is 0 Å². The van der Waals surface area contributed by atoms with Gasteiger partial charge in [-0.3, -0.25) is 0 Å². The van der Waals surface area contributed by atoms with Crippen molar-refractivity contribution in [1.29, 1.82) is 0 Å². The highest BCUT2D eigenvalue weighted by Gasteiger charge is 2.51. The number of allylic oxidation sites excluding steroid dienone is 2. The molecule has 1 aliphatic rings. The molecular weight excluding hydrogens is 155 g/mol. The van der Waals surface area contributed by atoms with Gasteiger partial charge in [-0.2, -0.15) is 0 Å². The molecule has 0 bridgehead atoms. The first kappa shape index (κ1) is 7.50. The first-order valence-electron chi connectivity index (χ1n) is 2.51. The van der Waals surface area contributed by atoms with E-state index in [-0.39, 0.29) is 0 Å². The first-order chi connectivity index (χ1) is 4.45. The number of halogens is 5. The van der Waals surface area contributed by atoms with E-state index >= 15 is 0 Å². The zero-order valence-electron chi connectivity index (χ0n) is 4.67. The van der Waals surface area contributed by atoms with Crippen LogP contribution >= 0.6 is 0 Å². The molecule has 0 aromatic heterocycles. The van der Waals surface area contributed by atoms with E-state index in [4.69, 9.17) is 0 Å². The van der Waals surface area contributed by atoms with Gasteiger partial charge in [0.15, 0.2) is 5.83 Å². The van der Waals surface area contributed by atoms with Crippen LogP contribution in [0.5, 0.6) is 0 Å². The van der Waals surface area contributed by atoms with Crippen molar-refractivity contribution >= 4 is 0 Å². The minimum Gasteiger partial charge on any atom is -0.233 e. The summed E-state index contributed by atoms with van der Waals surface area (Å²) in [5.41, 5.74) is 0. The second-order valence-corrected chi connectivity index (χ2v) is 2.05. The van der Waals surface area contributed by atoms with Gasteiger partial charge in [0.05, 0.1) is 6.42 Å². The van der Waals surface area contributed by atoms with Crippen LogP contribution in [0.15, 0.2) is 11.7 Å². The van der Waals surface area contributed by atoms with Crippen molar-refractivity contribution in [2.24, 2.45) is 0 Å². The summed E-state index contributed by atoms with van der Waals surface area (Å²) in [4.78, 5) is 0. The third-order valence-electron chi connectivity index (χ3n) is 1.24. The van der Waals surface area contributed by atoms with Crippen LogP contribution < -0.4 is 0 Å². The van der Waals surface area contributed by atoms with Crippen molar-refractivity contribution in [1.82, 2.24) is 0 Å². The zero-order chi connectivity index (χ0) is 7.94. The molecule has 0 heterocycles. The highest BCUT2D eigenvalue weighted by Crippen LogP contribution is 2.42. The van der Waals surface area contributed by atoms with Crippen LogP contribution in [0, 0.1) is 0 Å². The van der Waals surface area contributed by atoms with Gasteiger partial charge in [0.25, 0.3) is 5.92 Å². The summed E-state index contributed by atoms with van der Waals surface area (Å²) in [7, 11) is 0. The Morgan fingerprint density at radius 2 is 1.80 bits per heavy atom. The second kappa shape index (κ2) is 1.93. The zero-order valence-corrected chi connectivity index (χ0v) is 4.67. The molecule has 0 amide bonds. The molecule has 0 spiro atoms. The van der Waals surface area contributed by atoms with Crippen LogP contribution in [0.1, 0.15) is 6.42 Å². The van der Waals surface area contributed by atoms with Gasteiger partial charge in [-0.1, -0.05) is 0 Å². The number of rotatable bonds is 0. The molecule has 1 aliphatic carbocycles. The van der Waals surface area contributed by atoms with Crippen LogP contribution in [-0.2, 0) is 0 Å². The van der Waals surface area contributed by atoms with Gasteiger partial charge in [0, 0.05) is 0 Å². The first-order valence-corrected chi connectivity index (χ1v) is 2.51. The van der Waals surface area contributed by atoms with Crippen LogP contribution in [0.3, 0.4) is 0 Å². The van der Waals surface area contributed by atoms with E-state index in [0.29, 0.717) is 0 Å². The predicted molar refractivity (Wildman–Crippen MR) is 23.7 cm³/mol. The fourth-order valence-corrected chi connectivity index (χ4v) is 0.704. The predicted octanol–water partition coefficient (Wildman–Crippen LogP) is 2.51. The standard InChI is InChI=1S/C5H3F5/c6-2-1-5(9,10)4(8)3(2)7/h4H,1H2. The van der Waals surface area contributed by atoms with Crippen molar-refractivity contribution < 1.29 is 22.0 Å². The maximum atomic E-state index is 11.9. The van der Waals surface area contributed by atoms with Gasteiger partial charge in [-0.05, 0) is 0 Å². The molecule has 1 rings (SSSR count). The molecule has 0 aliphatic heterocycles. The highest BCUT2D eigenvalue weighted by molar-refractivity contribution is 5.19. The molecule has 5 heteroatoms. The van der Waals surface area contributed by atoms with Crippen molar-refractivity contribution in [2.75, 3.05) is 0 Å². The van der Waals surface area contributed by atoms with E-state index in [9.17, 15) is 22.0 Å². The van der Waals surface area contributed by atoms with E-state index in [1.807, 2.05) is 0 Å². The van der Waals surface area contributed by atoms with Crippen LogP contribution in [0.2, 0.25) is 0 Å². The lowest BCUT2D eigenvalue weighted by Gasteiger charge is -2.09. The van der Waals surface area contributed by atoms with Crippen molar-refractivity contribution in [3.8, 4) is 0 Å². The number of hydrogen-bond donors (Lipinski definition) is 0. The van der Waals surface area contributed by atoms with Crippen molar-refractivity contribution in [2.45, 2.75) is 18.5 Å².